The Labute approximate surface area is 133 Å². The van der Waals surface area contributed by atoms with Crippen molar-refractivity contribution in [1.29, 1.82) is 0 Å². The van der Waals surface area contributed by atoms with Crippen molar-refractivity contribution in [2.45, 2.75) is 64.4 Å². The molecule has 0 spiro atoms. The first-order valence-electron chi connectivity index (χ1n) is 8.21. The first kappa shape index (κ1) is 16.4. The molecule has 1 aliphatic carbocycles. The summed E-state index contributed by atoms with van der Waals surface area (Å²) < 4.78 is 5.56. The van der Waals surface area contributed by atoms with E-state index in [-0.39, 0.29) is 0 Å². The SMILES string of the molecule is CCCCCC1=CCC/C1=N/NC(=S)NC[C@@H]1CCCO1. The minimum atomic E-state index is 0.299. The molecule has 0 aromatic heterocycles. The Morgan fingerprint density at radius 3 is 3.14 bits per heavy atom. The van der Waals surface area contributed by atoms with E-state index < -0.39 is 0 Å². The highest BCUT2D eigenvalue weighted by atomic mass is 32.1. The number of hydrogen-bond acceptors (Lipinski definition) is 3. The fraction of sp³-hybridized carbons (Fsp3) is 0.750. The molecular formula is C16H27N3OS. The van der Waals surface area contributed by atoms with Gasteiger partial charge in [0, 0.05) is 13.2 Å². The Kier molecular flexibility index (Phi) is 7.16. The van der Waals surface area contributed by atoms with Gasteiger partial charge in [-0.15, -0.1) is 0 Å². The Morgan fingerprint density at radius 2 is 2.38 bits per heavy atom. The van der Waals surface area contributed by atoms with Gasteiger partial charge in [-0.25, -0.2) is 0 Å². The molecule has 0 bridgehead atoms. The molecule has 2 aliphatic rings. The van der Waals surface area contributed by atoms with Gasteiger partial charge in [-0.3, -0.25) is 5.43 Å². The van der Waals surface area contributed by atoms with Crippen LogP contribution in [0.15, 0.2) is 16.8 Å². The summed E-state index contributed by atoms with van der Waals surface area (Å²) in [6.07, 6.45) is 12.0. The number of allylic oxidation sites excluding steroid dienone is 2. The highest BCUT2D eigenvalue weighted by Gasteiger charge is 2.16. The molecule has 5 heteroatoms. The first-order valence-corrected chi connectivity index (χ1v) is 8.62. The highest BCUT2D eigenvalue weighted by molar-refractivity contribution is 7.80. The minimum absolute atomic E-state index is 0.299. The van der Waals surface area contributed by atoms with Crippen LogP contribution in [-0.4, -0.2) is 30.1 Å². The third kappa shape index (κ3) is 5.75. The largest absolute Gasteiger partial charge is 0.376 e. The van der Waals surface area contributed by atoms with Crippen molar-refractivity contribution in [1.82, 2.24) is 10.7 Å². The number of nitrogens with zero attached hydrogens (tertiary/aromatic N) is 1. The molecule has 0 radical (unpaired) electrons. The molecule has 1 saturated heterocycles. The van der Waals surface area contributed by atoms with Crippen LogP contribution in [0.1, 0.15) is 58.3 Å². The highest BCUT2D eigenvalue weighted by Crippen LogP contribution is 2.21. The predicted octanol–water partition coefficient (Wildman–Crippen LogP) is 3.29. The average Bonchev–Trinajstić information content (AvgIpc) is 3.15. The maximum absolute atomic E-state index is 5.56. The fourth-order valence-electron chi connectivity index (χ4n) is 2.77. The standard InChI is InChI=1S/C16H27N3OS/c1-2-3-4-7-13-8-5-10-15(13)18-19-16(21)17-12-14-9-6-11-20-14/h8,14H,2-7,9-12H2,1H3,(H2,17,19,21)/b18-15-/t14-/m0/s1. The van der Waals surface area contributed by atoms with Crippen molar-refractivity contribution in [3.63, 3.8) is 0 Å². The van der Waals surface area contributed by atoms with Gasteiger partial charge in [-0.2, -0.15) is 5.10 Å². The lowest BCUT2D eigenvalue weighted by molar-refractivity contribution is 0.114. The molecule has 0 aromatic carbocycles. The molecular weight excluding hydrogens is 282 g/mol. The molecule has 1 heterocycles. The molecule has 1 aliphatic heterocycles. The zero-order valence-electron chi connectivity index (χ0n) is 13.0. The number of hydrogen-bond donors (Lipinski definition) is 2. The first-order chi connectivity index (χ1) is 10.3. The number of rotatable bonds is 7. The monoisotopic (exact) mass is 309 g/mol. The molecule has 2 N–H and O–H groups in total. The lowest BCUT2D eigenvalue weighted by Gasteiger charge is -2.12. The molecule has 0 unspecified atom stereocenters. The summed E-state index contributed by atoms with van der Waals surface area (Å²) in [5.74, 6) is 0. The van der Waals surface area contributed by atoms with Crippen molar-refractivity contribution >= 4 is 23.0 Å². The van der Waals surface area contributed by atoms with Crippen LogP contribution in [0.2, 0.25) is 0 Å². The normalized spacial score (nSPS) is 23.4. The predicted molar refractivity (Wildman–Crippen MR) is 91.6 cm³/mol. The topological polar surface area (TPSA) is 45.7 Å². The van der Waals surface area contributed by atoms with Crippen LogP contribution in [0.25, 0.3) is 0 Å². The smallest absolute Gasteiger partial charge is 0.187 e. The molecule has 0 aromatic rings. The lowest BCUT2D eigenvalue weighted by Crippen LogP contribution is -2.37. The second-order valence-electron chi connectivity index (χ2n) is 5.74. The van der Waals surface area contributed by atoms with E-state index in [4.69, 9.17) is 17.0 Å². The van der Waals surface area contributed by atoms with Crippen molar-refractivity contribution in [3.8, 4) is 0 Å². The summed E-state index contributed by atoms with van der Waals surface area (Å²) in [5.41, 5.74) is 5.56. The van der Waals surface area contributed by atoms with Gasteiger partial charge >= 0.3 is 0 Å². The van der Waals surface area contributed by atoms with E-state index >= 15 is 0 Å². The van der Waals surface area contributed by atoms with E-state index in [9.17, 15) is 0 Å². The van der Waals surface area contributed by atoms with Gasteiger partial charge in [0.2, 0.25) is 0 Å². The van der Waals surface area contributed by atoms with Crippen LogP contribution in [0.3, 0.4) is 0 Å². The zero-order chi connectivity index (χ0) is 14.9. The number of ether oxygens (including phenoxy) is 1. The second kappa shape index (κ2) is 9.15. The van der Waals surface area contributed by atoms with Gasteiger partial charge in [0.25, 0.3) is 0 Å². The Morgan fingerprint density at radius 1 is 1.48 bits per heavy atom. The summed E-state index contributed by atoms with van der Waals surface area (Å²) in [6.45, 7) is 3.88. The van der Waals surface area contributed by atoms with Crippen LogP contribution in [0.4, 0.5) is 0 Å². The van der Waals surface area contributed by atoms with Crippen molar-refractivity contribution < 1.29 is 4.74 Å². The summed E-state index contributed by atoms with van der Waals surface area (Å²) in [4.78, 5) is 0. The Balaban J connectivity index is 1.69. The second-order valence-corrected chi connectivity index (χ2v) is 6.15. The summed E-state index contributed by atoms with van der Waals surface area (Å²) >= 11 is 5.26. The third-order valence-corrected chi connectivity index (χ3v) is 4.23. The van der Waals surface area contributed by atoms with Crippen molar-refractivity contribution in [3.05, 3.63) is 11.6 Å². The average molecular weight is 309 g/mol. The van der Waals surface area contributed by atoms with E-state index in [0.29, 0.717) is 11.2 Å². The number of hydrazone groups is 1. The van der Waals surface area contributed by atoms with E-state index in [1.165, 1.54) is 30.5 Å². The summed E-state index contributed by atoms with van der Waals surface area (Å²) in [7, 11) is 0. The van der Waals surface area contributed by atoms with Gasteiger partial charge in [0.15, 0.2) is 5.11 Å². The van der Waals surface area contributed by atoms with Gasteiger partial charge in [0.1, 0.15) is 0 Å². The Bertz CT molecular complexity index is 400. The molecule has 118 valence electrons. The van der Waals surface area contributed by atoms with E-state index in [2.05, 4.69) is 28.8 Å². The fourth-order valence-corrected chi connectivity index (χ4v) is 2.90. The van der Waals surface area contributed by atoms with Crippen molar-refractivity contribution in [2.24, 2.45) is 5.10 Å². The molecule has 0 amide bonds. The van der Waals surface area contributed by atoms with E-state index in [1.54, 1.807) is 0 Å². The van der Waals surface area contributed by atoms with Crippen LogP contribution in [0, 0.1) is 0 Å². The molecule has 1 fully saturated rings. The lowest BCUT2D eigenvalue weighted by atomic mass is 10.1. The van der Waals surface area contributed by atoms with Crippen molar-refractivity contribution in [2.75, 3.05) is 13.2 Å². The van der Waals surface area contributed by atoms with Gasteiger partial charge < -0.3 is 10.1 Å². The van der Waals surface area contributed by atoms with Gasteiger partial charge in [-0.1, -0.05) is 25.8 Å². The van der Waals surface area contributed by atoms with Crippen LogP contribution >= 0.6 is 12.2 Å². The number of unbranched alkanes of at least 4 members (excludes halogenated alkanes) is 2. The van der Waals surface area contributed by atoms with E-state index in [0.717, 1.165) is 45.3 Å². The number of thiocarbonyl (C=S) groups is 1. The van der Waals surface area contributed by atoms with E-state index in [1.807, 2.05) is 0 Å². The number of nitrogens with one attached hydrogen (secondary N) is 2. The quantitative estimate of drug-likeness (QED) is 0.430. The molecule has 2 rings (SSSR count). The van der Waals surface area contributed by atoms with Gasteiger partial charge in [0.05, 0.1) is 11.8 Å². The maximum Gasteiger partial charge on any atom is 0.187 e. The third-order valence-electron chi connectivity index (χ3n) is 4.00. The van der Waals surface area contributed by atoms with Gasteiger partial charge in [-0.05, 0) is 56.3 Å². The molecule has 4 nitrogen and oxygen atoms in total. The Hall–Kier alpha value is -0.940. The van der Waals surface area contributed by atoms with Crippen LogP contribution in [0.5, 0.6) is 0 Å². The molecule has 0 saturated carbocycles. The molecule has 1 atom stereocenters. The van der Waals surface area contributed by atoms with Crippen LogP contribution < -0.4 is 10.7 Å². The maximum atomic E-state index is 5.56. The van der Waals surface area contributed by atoms with Crippen LogP contribution in [-0.2, 0) is 4.74 Å². The summed E-state index contributed by atoms with van der Waals surface area (Å²) in [5, 5.41) is 8.26. The molecule has 21 heavy (non-hydrogen) atoms. The summed E-state index contributed by atoms with van der Waals surface area (Å²) in [6, 6.07) is 0. The zero-order valence-corrected chi connectivity index (χ0v) is 13.8. The minimum Gasteiger partial charge on any atom is -0.376 e.